The first-order valence-corrected chi connectivity index (χ1v) is 8.76. The van der Waals surface area contributed by atoms with Gasteiger partial charge in [0, 0.05) is 24.3 Å². The number of pyridine rings is 1. The fourth-order valence-corrected chi connectivity index (χ4v) is 3.77. The van der Waals surface area contributed by atoms with Crippen molar-refractivity contribution < 1.29 is 0 Å². The molecule has 0 aliphatic carbocycles. The van der Waals surface area contributed by atoms with Gasteiger partial charge in [-0.05, 0) is 31.5 Å². The molecule has 4 nitrogen and oxygen atoms in total. The molecule has 0 saturated carbocycles. The first-order valence-electron chi connectivity index (χ1n) is 7.88. The van der Waals surface area contributed by atoms with Gasteiger partial charge in [-0.15, -0.1) is 0 Å². The van der Waals surface area contributed by atoms with Crippen LogP contribution in [0.15, 0.2) is 66.2 Å². The van der Waals surface area contributed by atoms with E-state index in [1.807, 2.05) is 18.3 Å². The maximum Gasteiger partial charge on any atom is 0.166 e. The molecule has 120 valence electrons. The summed E-state index contributed by atoms with van der Waals surface area (Å²) in [6.07, 6.45) is 5.76. The highest BCUT2D eigenvalue weighted by atomic mass is 32.2. The number of benzene rings is 1. The number of hydrogen-bond acceptors (Lipinski definition) is 3. The third kappa shape index (κ3) is 2.83. The third-order valence-corrected chi connectivity index (χ3v) is 5.26. The molecule has 1 aromatic carbocycles. The number of hydrogen-bond donors (Lipinski definition) is 1. The zero-order chi connectivity index (χ0) is 16.5. The number of rotatable bonds is 4. The molecule has 3 aromatic heterocycles. The van der Waals surface area contributed by atoms with Gasteiger partial charge in [0.25, 0.3) is 0 Å². The van der Waals surface area contributed by atoms with Gasteiger partial charge in [-0.25, -0.2) is 9.97 Å². The number of H-pyrrole nitrogens is 1. The number of aromatic amines is 1. The lowest BCUT2D eigenvalue weighted by molar-refractivity contribution is 1.02. The molecule has 0 bridgehead atoms. The molecule has 5 heteroatoms. The van der Waals surface area contributed by atoms with Gasteiger partial charge in [0.05, 0.1) is 10.9 Å². The molecule has 0 amide bonds. The van der Waals surface area contributed by atoms with Crippen molar-refractivity contribution >= 4 is 17.4 Å². The predicted molar refractivity (Wildman–Crippen MR) is 97.4 cm³/mol. The minimum absolute atomic E-state index is 0.0936. The molecule has 4 aromatic rings. The highest BCUT2D eigenvalue weighted by Crippen LogP contribution is 2.38. The Morgan fingerprint density at radius 1 is 1.08 bits per heavy atom. The van der Waals surface area contributed by atoms with Crippen LogP contribution in [0.5, 0.6) is 0 Å². The minimum atomic E-state index is 0.0936. The first-order chi connectivity index (χ1) is 11.7. The summed E-state index contributed by atoms with van der Waals surface area (Å²) in [5.74, 6) is 0. The lowest BCUT2D eigenvalue weighted by Crippen LogP contribution is -1.98. The van der Waals surface area contributed by atoms with Crippen molar-refractivity contribution in [3.8, 4) is 0 Å². The second-order valence-electron chi connectivity index (χ2n) is 5.86. The van der Waals surface area contributed by atoms with Crippen LogP contribution >= 0.6 is 11.8 Å². The van der Waals surface area contributed by atoms with Crippen LogP contribution in [-0.2, 0) is 0 Å². The summed E-state index contributed by atoms with van der Waals surface area (Å²) in [6, 6.07) is 14.8. The summed E-state index contributed by atoms with van der Waals surface area (Å²) in [4.78, 5) is 12.4. The van der Waals surface area contributed by atoms with Crippen molar-refractivity contribution in [3.63, 3.8) is 0 Å². The lowest BCUT2D eigenvalue weighted by atomic mass is 10.1. The Hall–Kier alpha value is -2.53. The molecule has 0 saturated heterocycles. The number of fused-ring (bicyclic) bond motifs is 1. The number of aromatic nitrogens is 4. The number of aryl methyl sites for hydroxylation is 2. The van der Waals surface area contributed by atoms with E-state index in [9.17, 15) is 0 Å². The van der Waals surface area contributed by atoms with Gasteiger partial charge in [0.15, 0.2) is 5.16 Å². The lowest BCUT2D eigenvalue weighted by Gasteiger charge is -2.13. The van der Waals surface area contributed by atoms with E-state index in [4.69, 9.17) is 4.98 Å². The van der Waals surface area contributed by atoms with E-state index in [0.717, 1.165) is 16.5 Å². The Morgan fingerprint density at radius 2 is 1.92 bits per heavy atom. The Balaban J connectivity index is 1.81. The molecule has 24 heavy (non-hydrogen) atoms. The molecule has 3 heterocycles. The van der Waals surface area contributed by atoms with Gasteiger partial charge in [0.1, 0.15) is 5.65 Å². The summed E-state index contributed by atoms with van der Waals surface area (Å²) in [6.45, 7) is 4.20. The Morgan fingerprint density at radius 3 is 2.62 bits per heavy atom. The maximum atomic E-state index is 4.85. The molecule has 0 aliphatic heterocycles. The molecular weight excluding hydrogens is 316 g/mol. The molecule has 0 aliphatic rings. The van der Waals surface area contributed by atoms with Crippen molar-refractivity contribution in [3.05, 3.63) is 83.6 Å². The average Bonchev–Trinajstić information content (AvgIpc) is 3.23. The fourth-order valence-electron chi connectivity index (χ4n) is 2.76. The normalized spacial score (nSPS) is 12.6. The van der Waals surface area contributed by atoms with Crippen LogP contribution in [0.3, 0.4) is 0 Å². The fraction of sp³-hybridized carbons (Fsp3) is 0.158. The van der Waals surface area contributed by atoms with Crippen LogP contribution < -0.4 is 0 Å². The van der Waals surface area contributed by atoms with Gasteiger partial charge in [-0.2, -0.15) is 0 Å². The monoisotopic (exact) mass is 334 g/mol. The summed E-state index contributed by atoms with van der Waals surface area (Å²) < 4.78 is 2.14. The largest absolute Gasteiger partial charge is 0.340 e. The van der Waals surface area contributed by atoms with Crippen LogP contribution in [0.4, 0.5) is 0 Å². The van der Waals surface area contributed by atoms with Crippen molar-refractivity contribution in [2.45, 2.75) is 24.3 Å². The molecule has 1 unspecified atom stereocenters. The molecule has 1 atom stereocenters. The SMILES string of the molecule is Cc1ccc(C(Sc2ncc[nH]2)c2cn3c(C)cccc3n2)cc1. The predicted octanol–water partition coefficient (Wildman–Crippen LogP) is 4.56. The van der Waals surface area contributed by atoms with Crippen LogP contribution in [0.2, 0.25) is 0 Å². The van der Waals surface area contributed by atoms with Gasteiger partial charge in [0.2, 0.25) is 0 Å². The zero-order valence-corrected chi connectivity index (χ0v) is 14.4. The highest BCUT2D eigenvalue weighted by Gasteiger charge is 2.20. The molecule has 0 spiro atoms. The van der Waals surface area contributed by atoms with Gasteiger partial charge in [-0.1, -0.05) is 47.7 Å². The van der Waals surface area contributed by atoms with E-state index < -0.39 is 0 Å². The zero-order valence-electron chi connectivity index (χ0n) is 13.6. The Bertz CT molecular complexity index is 955. The minimum Gasteiger partial charge on any atom is -0.340 e. The van der Waals surface area contributed by atoms with E-state index in [1.165, 1.54) is 16.8 Å². The number of nitrogens with zero attached hydrogens (tertiary/aromatic N) is 3. The van der Waals surface area contributed by atoms with E-state index in [2.05, 4.69) is 64.7 Å². The molecule has 0 fully saturated rings. The van der Waals surface area contributed by atoms with Gasteiger partial charge < -0.3 is 9.38 Å². The second-order valence-corrected chi connectivity index (χ2v) is 6.96. The quantitative estimate of drug-likeness (QED) is 0.557. The molecule has 1 N–H and O–H groups in total. The molecule has 0 radical (unpaired) electrons. The Labute approximate surface area is 145 Å². The Kier molecular flexibility index (Phi) is 3.86. The molecule has 4 rings (SSSR count). The van der Waals surface area contributed by atoms with Crippen molar-refractivity contribution in [2.75, 3.05) is 0 Å². The molecular formula is C19H18N4S. The van der Waals surface area contributed by atoms with E-state index in [0.29, 0.717) is 0 Å². The maximum absolute atomic E-state index is 4.85. The topological polar surface area (TPSA) is 46.0 Å². The standard InChI is InChI=1S/C19H18N4S/c1-13-6-8-15(9-7-13)18(24-19-20-10-11-21-19)16-12-23-14(2)4-3-5-17(23)22-16/h3-12,18H,1-2H3,(H,20,21). The van der Waals surface area contributed by atoms with Crippen LogP contribution in [-0.4, -0.2) is 19.4 Å². The highest BCUT2D eigenvalue weighted by molar-refractivity contribution is 7.99. The van der Waals surface area contributed by atoms with Crippen LogP contribution in [0, 0.1) is 13.8 Å². The van der Waals surface area contributed by atoms with Crippen molar-refractivity contribution in [1.29, 1.82) is 0 Å². The number of thioether (sulfide) groups is 1. The van der Waals surface area contributed by atoms with E-state index >= 15 is 0 Å². The van der Waals surface area contributed by atoms with Crippen LogP contribution in [0.25, 0.3) is 5.65 Å². The number of nitrogens with one attached hydrogen (secondary N) is 1. The summed E-state index contributed by atoms with van der Waals surface area (Å²) in [5, 5.41) is 0.991. The van der Waals surface area contributed by atoms with Crippen molar-refractivity contribution in [2.24, 2.45) is 0 Å². The number of imidazole rings is 2. The van der Waals surface area contributed by atoms with Gasteiger partial charge >= 0.3 is 0 Å². The van der Waals surface area contributed by atoms with E-state index in [1.54, 1.807) is 18.0 Å². The summed E-state index contributed by atoms with van der Waals surface area (Å²) >= 11 is 1.69. The smallest absolute Gasteiger partial charge is 0.166 e. The average molecular weight is 334 g/mol. The summed E-state index contributed by atoms with van der Waals surface area (Å²) in [5.41, 5.74) is 5.67. The first kappa shape index (κ1) is 15.0. The van der Waals surface area contributed by atoms with Crippen LogP contribution in [0.1, 0.15) is 27.8 Å². The van der Waals surface area contributed by atoms with Gasteiger partial charge in [-0.3, -0.25) is 0 Å². The summed E-state index contributed by atoms with van der Waals surface area (Å²) in [7, 11) is 0. The van der Waals surface area contributed by atoms with Crippen molar-refractivity contribution in [1.82, 2.24) is 19.4 Å². The second kappa shape index (κ2) is 6.17. The van der Waals surface area contributed by atoms with E-state index in [-0.39, 0.29) is 5.25 Å². The third-order valence-electron chi connectivity index (χ3n) is 4.07.